The lowest BCUT2D eigenvalue weighted by molar-refractivity contribution is -0.210. The molecule has 2 rings (SSSR count). The number of rotatable bonds is 9. The van der Waals surface area contributed by atoms with Crippen molar-refractivity contribution >= 4 is 40.9 Å². The summed E-state index contributed by atoms with van der Waals surface area (Å²) in [6.07, 6.45) is -7.41. The van der Waals surface area contributed by atoms with Gasteiger partial charge in [0.05, 0.1) is 17.3 Å². The number of hydrogen-bond donors (Lipinski definition) is 5. The summed E-state index contributed by atoms with van der Waals surface area (Å²) < 4.78 is 38.8. The smallest absolute Gasteiger partial charge is 0.398 e. The Kier molecular flexibility index (Phi) is 10.9. The topological polar surface area (TPSA) is 154 Å². The van der Waals surface area contributed by atoms with Crippen molar-refractivity contribution in [2.45, 2.75) is 45.1 Å². The first-order valence-electron chi connectivity index (χ1n) is 12.2. The molecule has 0 saturated carbocycles. The number of hydrazine groups is 1. The first kappa shape index (κ1) is 33.1. The molecule has 6 N–H and O–H groups in total. The number of nitrogens with one attached hydrogen (secondary N) is 3. The number of anilines is 1. The summed E-state index contributed by atoms with van der Waals surface area (Å²) in [5.74, 6) is -3.71. The summed E-state index contributed by atoms with van der Waals surface area (Å²) >= 11 is 6.01. The zero-order valence-corrected chi connectivity index (χ0v) is 23.2. The molecule has 0 aliphatic rings. The van der Waals surface area contributed by atoms with E-state index in [1.807, 2.05) is 5.43 Å². The highest BCUT2D eigenvalue weighted by atomic mass is 35.5. The van der Waals surface area contributed by atoms with Crippen molar-refractivity contribution in [3.8, 4) is 0 Å². The van der Waals surface area contributed by atoms with Gasteiger partial charge < -0.3 is 21.5 Å². The van der Waals surface area contributed by atoms with E-state index >= 15 is 0 Å². The molecule has 0 fully saturated rings. The Morgan fingerprint density at radius 2 is 1.66 bits per heavy atom. The third kappa shape index (κ3) is 9.22. The monoisotopic (exact) mass is 597 g/mol. The predicted octanol–water partition coefficient (Wildman–Crippen LogP) is 2.89. The second-order valence-corrected chi connectivity index (χ2v) is 10.5. The number of carbonyl (C=O) groups excluding carboxylic acids is 4. The van der Waals surface area contributed by atoms with E-state index in [2.05, 4.69) is 17.2 Å². The molecule has 0 aliphatic heterocycles. The molecule has 0 bridgehead atoms. The molecule has 0 heterocycles. The van der Waals surface area contributed by atoms with Crippen LogP contribution in [0.2, 0.25) is 5.02 Å². The number of carbonyl (C=O) groups is 4. The molecule has 41 heavy (non-hydrogen) atoms. The Hall–Kier alpha value is -4.10. The van der Waals surface area contributed by atoms with Crippen LogP contribution in [0.15, 0.2) is 61.2 Å². The van der Waals surface area contributed by atoms with E-state index in [9.17, 15) is 37.5 Å². The number of nitrogens with zero attached hydrogens (tertiary/aromatic N) is 1. The molecule has 3 atom stereocenters. The van der Waals surface area contributed by atoms with E-state index in [0.717, 1.165) is 0 Å². The van der Waals surface area contributed by atoms with Crippen molar-refractivity contribution in [2.24, 2.45) is 5.41 Å². The van der Waals surface area contributed by atoms with Crippen molar-refractivity contribution in [3.05, 3.63) is 77.3 Å². The lowest BCUT2D eigenvalue weighted by atomic mass is 9.85. The largest absolute Gasteiger partial charge is 0.416 e. The lowest BCUT2D eigenvalue weighted by Crippen LogP contribution is -2.57. The average Bonchev–Trinajstić information content (AvgIpc) is 2.89. The van der Waals surface area contributed by atoms with Crippen LogP contribution in [0.25, 0.3) is 0 Å². The van der Waals surface area contributed by atoms with Gasteiger partial charge in [0.25, 0.3) is 17.7 Å². The number of amides is 4. The van der Waals surface area contributed by atoms with E-state index < -0.39 is 60.0 Å². The minimum absolute atomic E-state index is 0.116. The summed E-state index contributed by atoms with van der Waals surface area (Å²) in [6.45, 7) is 6.84. The SMILES string of the molecule is C=CC(=O)N(CC(O)C(F)(F)F)NC(=O)[C@H](NC(=O)[C@@H](NC(=O)c1ccc(N)c(Cl)c1)C(C)(C)C)c1ccccc1. The van der Waals surface area contributed by atoms with E-state index in [1.54, 1.807) is 39.0 Å². The highest BCUT2D eigenvalue weighted by Gasteiger charge is 2.41. The summed E-state index contributed by atoms with van der Waals surface area (Å²) in [5, 5.41) is 14.9. The fourth-order valence-electron chi connectivity index (χ4n) is 3.50. The predicted molar refractivity (Wildman–Crippen MR) is 146 cm³/mol. The highest BCUT2D eigenvalue weighted by molar-refractivity contribution is 6.33. The zero-order chi connectivity index (χ0) is 31.1. The third-order valence-corrected chi connectivity index (χ3v) is 6.09. The van der Waals surface area contributed by atoms with Crippen LogP contribution >= 0.6 is 11.6 Å². The molecule has 0 aliphatic carbocycles. The molecule has 2 aromatic carbocycles. The van der Waals surface area contributed by atoms with Gasteiger partial charge in [-0.25, -0.2) is 5.01 Å². The first-order chi connectivity index (χ1) is 18.9. The maximum absolute atomic E-state index is 13.5. The molecular weight excluding hydrogens is 567 g/mol. The molecule has 0 spiro atoms. The molecule has 0 radical (unpaired) electrons. The van der Waals surface area contributed by atoms with Crippen molar-refractivity contribution in [1.29, 1.82) is 0 Å². The van der Waals surface area contributed by atoms with E-state index in [4.69, 9.17) is 17.3 Å². The van der Waals surface area contributed by atoms with Crippen LogP contribution in [0, 0.1) is 5.41 Å². The molecule has 0 aromatic heterocycles. The van der Waals surface area contributed by atoms with Crippen LogP contribution in [-0.4, -0.2) is 58.6 Å². The van der Waals surface area contributed by atoms with Crippen molar-refractivity contribution < 1.29 is 37.5 Å². The van der Waals surface area contributed by atoms with Gasteiger partial charge >= 0.3 is 6.18 Å². The molecule has 2 aromatic rings. The van der Waals surface area contributed by atoms with Gasteiger partial charge in [-0.15, -0.1) is 0 Å². The van der Waals surface area contributed by atoms with Gasteiger partial charge in [0, 0.05) is 5.56 Å². The maximum Gasteiger partial charge on any atom is 0.416 e. The Balaban J connectivity index is 2.37. The molecule has 14 heteroatoms. The van der Waals surface area contributed by atoms with Crippen LogP contribution in [0.3, 0.4) is 0 Å². The summed E-state index contributed by atoms with van der Waals surface area (Å²) in [4.78, 5) is 52.0. The van der Waals surface area contributed by atoms with Crippen molar-refractivity contribution in [2.75, 3.05) is 12.3 Å². The fraction of sp³-hybridized carbons (Fsp3) is 0.333. The zero-order valence-electron chi connectivity index (χ0n) is 22.5. The van der Waals surface area contributed by atoms with Gasteiger partial charge in [-0.05, 0) is 35.3 Å². The Morgan fingerprint density at radius 1 is 1.05 bits per heavy atom. The van der Waals surface area contributed by atoms with Crippen LogP contribution in [0.5, 0.6) is 0 Å². The van der Waals surface area contributed by atoms with Gasteiger partial charge in [-0.1, -0.05) is 69.3 Å². The van der Waals surface area contributed by atoms with Gasteiger partial charge in [-0.3, -0.25) is 24.6 Å². The van der Waals surface area contributed by atoms with Crippen LogP contribution in [0.4, 0.5) is 18.9 Å². The second-order valence-electron chi connectivity index (χ2n) is 10.0. The second kappa shape index (κ2) is 13.5. The number of nitrogen functional groups attached to an aromatic ring is 1. The number of halogens is 4. The van der Waals surface area contributed by atoms with E-state index in [1.165, 1.54) is 30.3 Å². The molecule has 222 valence electrons. The first-order valence-corrected chi connectivity index (χ1v) is 12.5. The fourth-order valence-corrected chi connectivity index (χ4v) is 3.68. The standard InChI is InChI=1S/C27H31ClF3N5O5/c1-5-20(38)36(14-19(37)27(29,30)31)35-24(40)21(15-9-7-6-8-10-15)33-25(41)22(26(2,3)4)34-23(39)16-11-12-18(32)17(28)13-16/h5-13,19,21-22,37H,1,14,32H2,2-4H3,(H,33,41)(H,34,39)(H,35,40)/t19?,21-,22-/m1/s1. The van der Waals surface area contributed by atoms with Crippen molar-refractivity contribution in [1.82, 2.24) is 21.1 Å². The van der Waals surface area contributed by atoms with Crippen LogP contribution in [-0.2, 0) is 14.4 Å². The number of alkyl halides is 3. The van der Waals surface area contributed by atoms with Crippen LogP contribution in [0.1, 0.15) is 42.7 Å². The van der Waals surface area contributed by atoms with Gasteiger partial charge in [0.2, 0.25) is 5.91 Å². The van der Waals surface area contributed by atoms with Crippen molar-refractivity contribution in [3.63, 3.8) is 0 Å². The summed E-state index contributed by atoms with van der Waals surface area (Å²) in [6, 6.07) is 9.08. The lowest BCUT2D eigenvalue weighted by Gasteiger charge is -2.32. The van der Waals surface area contributed by atoms with Gasteiger partial charge in [-0.2, -0.15) is 13.2 Å². The Bertz CT molecular complexity index is 1280. The average molecular weight is 598 g/mol. The Labute approximate surface area is 239 Å². The Morgan fingerprint density at radius 3 is 2.17 bits per heavy atom. The highest BCUT2D eigenvalue weighted by Crippen LogP contribution is 2.24. The van der Waals surface area contributed by atoms with Crippen LogP contribution < -0.4 is 21.8 Å². The third-order valence-electron chi connectivity index (χ3n) is 5.77. The summed E-state index contributed by atoms with van der Waals surface area (Å²) in [5.41, 5.74) is 7.39. The van der Waals surface area contributed by atoms with Gasteiger partial charge in [0.1, 0.15) is 12.1 Å². The van der Waals surface area contributed by atoms with E-state index in [0.29, 0.717) is 6.08 Å². The maximum atomic E-state index is 13.5. The number of aliphatic hydroxyl groups is 1. The molecule has 10 nitrogen and oxygen atoms in total. The molecule has 1 unspecified atom stereocenters. The molecule has 0 saturated heterocycles. The minimum atomic E-state index is -5.08. The summed E-state index contributed by atoms with van der Waals surface area (Å²) in [7, 11) is 0. The molecule has 4 amide bonds. The number of nitrogens with two attached hydrogens (primary N) is 1. The molecular formula is C27H31ClF3N5O5. The number of hydrogen-bond acceptors (Lipinski definition) is 6. The quantitative estimate of drug-likeness (QED) is 0.170. The van der Waals surface area contributed by atoms with Gasteiger partial charge in [0.15, 0.2) is 6.10 Å². The minimum Gasteiger partial charge on any atom is -0.398 e. The normalized spacial score (nSPS) is 13.8. The number of aliphatic hydroxyl groups excluding tert-OH is 1. The number of benzene rings is 2. The van der Waals surface area contributed by atoms with E-state index in [-0.39, 0.29) is 26.8 Å².